The lowest BCUT2D eigenvalue weighted by atomic mass is 10.1. The number of nitrogens with zero attached hydrogens (tertiary/aromatic N) is 4. The quantitative estimate of drug-likeness (QED) is 0.381. The van der Waals surface area contributed by atoms with Gasteiger partial charge in [0.05, 0.1) is 0 Å². The van der Waals surface area contributed by atoms with E-state index in [2.05, 4.69) is 80.6 Å². The molecule has 1 saturated heterocycles. The monoisotopic (exact) mass is 519 g/mol. The molecule has 0 atom stereocenters. The van der Waals surface area contributed by atoms with Crippen LogP contribution >= 0.6 is 24.0 Å². The van der Waals surface area contributed by atoms with Crippen molar-refractivity contribution in [2.45, 2.75) is 25.9 Å². The fraction of sp³-hybridized carbons (Fsp3) is 0.458. The molecule has 0 amide bonds. The number of para-hydroxylation sites is 1. The van der Waals surface area contributed by atoms with Gasteiger partial charge in [-0.2, -0.15) is 0 Å². The van der Waals surface area contributed by atoms with Crippen molar-refractivity contribution in [1.82, 2.24) is 15.1 Å². The Labute approximate surface area is 198 Å². The van der Waals surface area contributed by atoms with Crippen molar-refractivity contribution in [3.8, 4) is 0 Å². The number of hydrogen-bond donors (Lipinski definition) is 1. The number of nitrogens with one attached hydrogen (secondary N) is 1. The van der Waals surface area contributed by atoms with Gasteiger partial charge in [0.2, 0.25) is 0 Å². The molecule has 0 aromatic heterocycles. The van der Waals surface area contributed by atoms with Crippen molar-refractivity contribution in [3.63, 3.8) is 0 Å². The number of anilines is 1. The highest BCUT2D eigenvalue weighted by molar-refractivity contribution is 14.0. The maximum Gasteiger partial charge on any atom is 0.198 e. The lowest BCUT2D eigenvalue weighted by molar-refractivity contribution is 0.269. The summed E-state index contributed by atoms with van der Waals surface area (Å²) in [6.07, 6.45) is 2.34. The van der Waals surface area contributed by atoms with Crippen LogP contribution in [-0.4, -0.2) is 62.6 Å². The Kier molecular flexibility index (Phi) is 8.53. The molecule has 1 fully saturated rings. The zero-order chi connectivity index (χ0) is 20.1. The van der Waals surface area contributed by atoms with Crippen molar-refractivity contribution in [2.24, 2.45) is 4.99 Å². The van der Waals surface area contributed by atoms with E-state index in [1.165, 1.54) is 48.4 Å². The summed E-state index contributed by atoms with van der Waals surface area (Å²) in [5.41, 5.74) is 5.37. The molecule has 0 bridgehead atoms. The molecule has 5 nitrogen and oxygen atoms in total. The molecule has 0 aliphatic carbocycles. The van der Waals surface area contributed by atoms with E-state index in [9.17, 15) is 0 Å². The second-order valence-electron chi connectivity index (χ2n) is 8.18. The zero-order valence-electron chi connectivity index (χ0n) is 18.2. The summed E-state index contributed by atoms with van der Waals surface area (Å²) in [4.78, 5) is 11.8. The van der Waals surface area contributed by atoms with Crippen molar-refractivity contribution < 1.29 is 0 Å². The van der Waals surface area contributed by atoms with E-state index in [0.717, 1.165) is 38.6 Å². The molecule has 1 N–H and O–H groups in total. The van der Waals surface area contributed by atoms with Crippen molar-refractivity contribution in [1.29, 1.82) is 0 Å². The van der Waals surface area contributed by atoms with Crippen LogP contribution in [0.2, 0.25) is 0 Å². The minimum absolute atomic E-state index is 0. The molecule has 2 heterocycles. The van der Waals surface area contributed by atoms with Crippen molar-refractivity contribution in [3.05, 3.63) is 65.2 Å². The first-order valence-corrected chi connectivity index (χ1v) is 10.8. The summed E-state index contributed by atoms with van der Waals surface area (Å²) in [6, 6.07) is 17.7. The van der Waals surface area contributed by atoms with Gasteiger partial charge in [-0.15, -0.1) is 24.0 Å². The number of likely N-dealkylation sites (N-methyl/N-ethyl adjacent to an activating group) is 1. The topological polar surface area (TPSA) is 34.1 Å². The van der Waals surface area contributed by atoms with Crippen LogP contribution in [0.25, 0.3) is 0 Å². The third kappa shape index (κ3) is 5.74. The molecule has 0 unspecified atom stereocenters. The third-order valence-electron chi connectivity index (χ3n) is 6.05. The Balaban J connectivity index is 0.00000256. The molecular weight excluding hydrogens is 485 g/mol. The molecule has 4 rings (SSSR count). The molecule has 2 aliphatic rings. The Hall–Kier alpha value is -1.64. The molecule has 2 aromatic carbocycles. The second-order valence-corrected chi connectivity index (χ2v) is 8.18. The van der Waals surface area contributed by atoms with Crippen LogP contribution in [0.1, 0.15) is 23.1 Å². The van der Waals surface area contributed by atoms with Crippen LogP contribution in [0.4, 0.5) is 5.69 Å². The average Bonchev–Trinajstić information content (AvgIpc) is 3.07. The molecule has 6 heteroatoms. The summed E-state index contributed by atoms with van der Waals surface area (Å²) in [5.74, 6) is 0.952. The predicted molar refractivity (Wildman–Crippen MR) is 137 cm³/mol. The largest absolute Gasteiger partial charge is 0.352 e. The van der Waals surface area contributed by atoms with Crippen LogP contribution < -0.4 is 10.2 Å². The van der Waals surface area contributed by atoms with Gasteiger partial charge in [-0.05, 0) is 55.7 Å². The van der Waals surface area contributed by atoms with Crippen LogP contribution in [0.5, 0.6) is 0 Å². The molecule has 162 valence electrons. The Morgan fingerprint density at radius 1 is 0.933 bits per heavy atom. The number of guanidine groups is 1. The first-order valence-electron chi connectivity index (χ1n) is 10.8. The summed E-state index contributed by atoms with van der Waals surface area (Å²) in [6.45, 7) is 7.57. The standard InChI is InChI=1S/C24H33N5.HI/c1-25-24(29-15-12-22-6-3-4-7-23(22)29)26-18-20-8-10-21(11-9-20)19-28-14-5-13-27(2)16-17-28;/h3-4,6-11H,5,12-19H2,1-2H3,(H,25,26);1H. The maximum atomic E-state index is 4.51. The Morgan fingerprint density at radius 3 is 2.50 bits per heavy atom. The van der Waals surface area contributed by atoms with Crippen molar-refractivity contribution >= 4 is 35.6 Å². The van der Waals surface area contributed by atoms with E-state index >= 15 is 0 Å². The summed E-state index contributed by atoms with van der Waals surface area (Å²) in [7, 11) is 4.09. The summed E-state index contributed by atoms with van der Waals surface area (Å²) in [5, 5.41) is 3.54. The van der Waals surface area contributed by atoms with Gasteiger partial charge in [-0.1, -0.05) is 42.5 Å². The summed E-state index contributed by atoms with van der Waals surface area (Å²) >= 11 is 0. The van der Waals surface area contributed by atoms with Crippen LogP contribution in [0, 0.1) is 0 Å². The van der Waals surface area contributed by atoms with Gasteiger partial charge in [0.15, 0.2) is 5.96 Å². The third-order valence-corrected chi connectivity index (χ3v) is 6.05. The second kappa shape index (κ2) is 11.1. The van der Waals surface area contributed by atoms with E-state index in [4.69, 9.17) is 0 Å². The maximum absolute atomic E-state index is 4.51. The molecule has 30 heavy (non-hydrogen) atoms. The van der Waals surface area contributed by atoms with Gasteiger partial charge in [-0.3, -0.25) is 9.89 Å². The highest BCUT2D eigenvalue weighted by atomic mass is 127. The van der Waals surface area contributed by atoms with E-state index < -0.39 is 0 Å². The van der Waals surface area contributed by atoms with Gasteiger partial charge < -0.3 is 15.1 Å². The minimum atomic E-state index is 0. The number of fused-ring (bicyclic) bond motifs is 1. The number of benzene rings is 2. The molecule has 2 aliphatic heterocycles. The SMILES string of the molecule is CN=C(NCc1ccc(CN2CCCN(C)CC2)cc1)N1CCc2ccccc21.I. The van der Waals surface area contributed by atoms with Crippen LogP contribution in [0.3, 0.4) is 0 Å². The number of hydrogen-bond acceptors (Lipinski definition) is 3. The van der Waals surface area contributed by atoms with Gasteiger partial charge in [0.25, 0.3) is 0 Å². The lowest BCUT2D eigenvalue weighted by Gasteiger charge is -2.22. The predicted octanol–water partition coefficient (Wildman–Crippen LogP) is 3.58. The van der Waals surface area contributed by atoms with Crippen LogP contribution in [0.15, 0.2) is 53.5 Å². The molecule has 2 aromatic rings. The fourth-order valence-corrected chi connectivity index (χ4v) is 4.31. The fourth-order valence-electron chi connectivity index (χ4n) is 4.31. The average molecular weight is 519 g/mol. The molecule has 0 radical (unpaired) electrons. The summed E-state index contributed by atoms with van der Waals surface area (Å²) < 4.78 is 0. The van der Waals surface area contributed by atoms with Gasteiger partial charge in [0, 0.05) is 45.5 Å². The highest BCUT2D eigenvalue weighted by Gasteiger charge is 2.22. The normalized spacial score (nSPS) is 17.9. The molecule has 0 saturated carbocycles. The molecule has 0 spiro atoms. The van der Waals surface area contributed by atoms with Gasteiger partial charge in [-0.25, -0.2) is 0 Å². The first-order chi connectivity index (χ1) is 14.2. The van der Waals surface area contributed by atoms with E-state index in [-0.39, 0.29) is 24.0 Å². The number of halogens is 1. The Morgan fingerprint density at radius 2 is 1.70 bits per heavy atom. The first kappa shape index (κ1) is 23.0. The number of aliphatic imine (C=N–C) groups is 1. The van der Waals surface area contributed by atoms with Gasteiger partial charge in [0.1, 0.15) is 0 Å². The van der Waals surface area contributed by atoms with Crippen LogP contribution in [-0.2, 0) is 19.5 Å². The Bertz CT molecular complexity index is 836. The lowest BCUT2D eigenvalue weighted by Crippen LogP contribution is -2.40. The molecular formula is C24H34IN5. The van der Waals surface area contributed by atoms with Crippen molar-refractivity contribution in [2.75, 3.05) is 51.7 Å². The highest BCUT2D eigenvalue weighted by Crippen LogP contribution is 2.27. The van der Waals surface area contributed by atoms with E-state index in [1.807, 2.05) is 7.05 Å². The van der Waals surface area contributed by atoms with E-state index in [1.54, 1.807) is 0 Å². The smallest absolute Gasteiger partial charge is 0.198 e. The zero-order valence-corrected chi connectivity index (χ0v) is 20.5. The van der Waals surface area contributed by atoms with Gasteiger partial charge >= 0.3 is 0 Å². The number of rotatable bonds is 4. The minimum Gasteiger partial charge on any atom is -0.352 e. The van der Waals surface area contributed by atoms with E-state index in [0.29, 0.717) is 0 Å².